The van der Waals surface area contributed by atoms with Gasteiger partial charge in [0.2, 0.25) is 10.0 Å². The minimum atomic E-state index is -3.49. The van der Waals surface area contributed by atoms with Gasteiger partial charge in [-0.3, -0.25) is 9.10 Å². The second-order valence-corrected chi connectivity index (χ2v) is 10.5. The number of nitrogens with one attached hydrogen (secondary N) is 1. The molecule has 4 rings (SSSR count). The van der Waals surface area contributed by atoms with Crippen LogP contribution < -0.4 is 9.62 Å². The number of rotatable bonds is 6. The Hall–Kier alpha value is -2.87. The molecule has 0 saturated heterocycles. The summed E-state index contributed by atoms with van der Waals surface area (Å²) in [6.45, 7) is 0.234. The summed E-state index contributed by atoms with van der Waals surface area (Å²) >= 11 is 7.33. The number of hydrogen-bond donors (Lipinski definition) is 1. The molecule has 0 bridgehead atoms. The smallest absolute Gasteiger partial charge is 0.265 e. The van der Waals surface area contributed by atoms with Gasteiger partial charge in [0.1, 0.15) is 0 Å². The van der Waals surface area contributed by atoms with Crippen LogP contribution in [0.3, 0.4) is 0 Å². The highest BCUT2D eigenvalue weighted by Gasteiger charge is 2.19. The van der Waals surface area contributed by atoms with E-state index in [2.05, 4.69) is 5.32 Å². The third-order valence-corrected chi connectivity index (χ3v) is 7.15. The maximum absolute atomic E-state index is 12.7. The Balaban J connectivity index is 1.63. The minimum absolute atomic E-state index is 0.234. The SMILES string of the molecule is CS(=O)(=O)N(Cc1ccccc1)c1ccc2sc(C(=O)Nc3cccc(Cl)c3)cc2c1. The molecule has 1 N–H and O–H groups in total. The summed E-state index contributed by atoms with van der Waals surface area (Å²) in [7, 11) is -3.49. The van der Waals surface area contributed by atoms with Gasteiger partial charge >= 0.3 is 0 Å². The van der Waals surface area contributed by atoms with Crippen molar-refractivity contribution in [1.82, 2.24) is 0 Å². The number of amides is 1. The van der Waals surface area contributed by atoms with Gasteiger partial charge < -0.3 is 5.32 Å². The molecule has 0 aliphatic carbocycles. The minimum Gasteiger partial charge on any atom is -0.321 e. The van der Waals surface area contributed by atoms with E-state index in [0.717, 1.165) is 15.6 Å². The van der Waals surface area contributed by atoms with Crippen molar-refractivity contribution in [2.24, 2.45) is 0 Å². The monoisotopic (exact) mass is 470 g/mol. The largest absolute Gasteiger partial charge is 0.321 e. The molecule has 8 heteroatoms. The van der Waals surface area contributed by atoms with Gasteiger partial charge in [-0.1, -0.05) is 48.0 Å². The molecular weight excluding hydrogens is 452 g/mol. The fourth-order valence-corrected chi connectivity index (χ4v) is 5.21. The lowest BCUT2D eigenvalue weighted by Crippen LogP contribution is -2.29. The molecule has 0 fully saturated rings. The third-order valence-electron chi connectivity index (χ3n) is 4.66. The van der Waals surface area contributed by atoms with Gasteiger partial charge in [0.05, 0.1) is 23.4 Å². The fraction of sp³-hybridized carbons (Fsp3) is 0.0870. The van der Waals surface area contributed by atoms with Gasteiger partial charge in [-0.05, 0) is 53.4 Å². The van der Waals surface area contributed by atoms with E-state index in [1.165, 1.54) is 21.9 Å². The summed E-state index contributed by atoms with van der Waals surface area (Å²) in [5, 5.41) is 4.18. The number of sulfonamides is 1. The lowest BCUT2D eigenvalue weighted by Gasteiger charge is -2.22. The highest BCUT2D eigenvalue weighted by molar-refractivity contribution is 7.92. The van der Waals surface area contributed by atoms with Crippen molar-refractivity contribution < 1.29 is 13.2 Å². The Morgan fingerprint density at radius 3 is 2.48 bits per heavy atom. The van der Waals surface area contributed by atoms with Crippen molar-refractivity contribution in [3.63, 3.8) is 0 Å². The van der Waals surface area contributed by atoms with Crippen molar-refractivity contribution in [2.75, 3.05) is 15.9 Å². The third kappa shape index (κ3) is 5.07. The molecule has 0 radical (unpaired) electrons. The van der Waals surface area contributed by atoms with Gasteiger partial charge in [-0.2, -0.15) is 0 Å². The van der Waals surface area contributed by atoms with Crippen LogP contribution in [0.2, 0.25) is 5.02 Å². The van der Waals surface area contributed by atoms with E-state index in [-0.39, 0.29) is 12.5 Å². The van der Waals surface area contributed by atoms with E-state index in [4.69, 9.17) is 11.6 Å². The van der Waals surface area contributed by atoms with E-state index in [9.17, 15) is 13.2 Å². The van der Waals surface area contributed by atoms with Crippen LogP contribution in [0.25, 0.3) is 10.1 Å². The lowest BCUT2D eigenvalue weighted by molar-refractivity contribution is 0.103. The number of anilines is 2. The Bertz CT molecular complexity index is 1350. The molecule has 1 aromatic heterocycles. The molecule has 0 spiro atoms. The maximum Gasteiger partial charge on any atom is 0.265 e. The van der Waals surface area contributed by atoms with Crippen LogP contribution in [-0.4, -0.2) is 20.6 Å². The summed E-state index contributed by atoms with van der Waals surface area (Å²) in [6.07, 6.45) is 1.19. The zero-order valence-electron chi connectivity index (χ0n) is 16.6. The summed E-state index contributed by atoms with van der Waals surface area (Å²) < 4.78 is 27.2. The number of nitrogens with zero attached hydrogens (tertiary/aromatic N) is 1. The van der Waals surface area contributed by atoms with E-state index >= 15 is 0 Å². The average Bonchev–Trinajstić information content (AvgIpc) is 3.15. The molecule has 1 heterocycles. The number of carbonyl (C=O) groups excluding carboxylic acids is 1. The quantitative estimate of drug-likeness (QED) is 0.388. The number of thiophene rings is 1. The Morgan fingerprint density at radius 2 is 1.77 bits per heavy atom. The molecule has 158 valence electrons. The van der Waals surface area contributed by atoms with Gasteiger partial charge in [-0.25, -0.2) is 8.42 Å². The first-order chi connectivity index (χ1) is 14.8. The number of halogens is 1. The van der Waals surface area contributed by atoms with Crippen molar-refractivity contribution >= 4 is 60.3 Å². The van der Waals surface area contributed by atoms with Crippen molar-refractivity contribution in [2.45, 2.75) is 6.54 Å². The zero-order valence-corrected chi connectivity index (χ0v) is 19.0. The first-order valence-electron chi connectivity index (χ1n) is 9.42. The second kappa shape index (κ2) is 8.70. The summed E-state index contributed by atoms with van der Waals surface area (Å²) in [4.78, 5) is 13.2. The Kier molecular flexibility index (Phi) is 6.00. The van der Waals surface area contributed by atoms with Crippen LogP contribution in [0, 0.1) is 0 Å². The van der Waals surface area contributed by atoms with E-state index in [1.54, 1.807) is 42.5 Å². The highest BCUT2D eigenvalue weighted by atomic mass is 35.5. The molecule has 1 amide bonds. The van der Waals surface area contributed by atoms with Gasteiger partial charge in [0, 0.05) is 15.4 Å². The van der Waals surface area contributed by atoms with Crippen molar-refractivity contribution in [1.29, 1.82) is 0 Å². The van der Waals surface area contributed by atoms with Crippen LogP contribution in [0.5, 0.6) is 0 Å². The summed E-state index contributed by atoms with van der Waals surface area (Å²) in [5.74, 6) is -0.241. The molecule has 0 unspecified atom stereocenters. The first-order valence-corrected chi connectivity index (χ1v) is 12.5. The Labute approximate surface area is 189 Å². The normalized spacial score (nSPS) is 11.4. The Morgan fingerprint density at radius 1 is 1.00 bits per heavy atom. The molecule has 3 aromatic carbocycles. The van der Waals surface area contributed by atoms with Crippen LogP contribution >= 0.6 is 22.9 Å². The van der Waals surface area contributed by atoms with E-state index < -0.39 is 10.0 Å². The predicted molar refractivity (Wildman–Crippen MR) is 129 cm³/mol. The van der Waals surface area contributed by atoms with E-state index in [1.807, 2.05) is 36.4 Å². The highest BCUT2D eigenvalue weighted by Crippen LogP contribution is 2.31. The summed E-state index contributed by atoms with van der Waals surface area (Å²) in [5.41, 5.74) is 2.06. The van der Waals surface area contributed by atoms with Crippen LogP contribution in [-0.2, 0) is 16.6 Å². The van der Waals surface area contributed by atoms with E-state index in [0.29, 0.717) is 21.3 Å². The average molecular weight is 471 g/mol. The van der Waals surface area contributed by atoms with Crippen LogP contribution in [0.4, 0.5) is 11.4 Å². The van der Waals surface area contributed by atoms with Crippen LogP contribution in [0.1, 0.15) is 15.2 Å². The van der Waals surface area contributed by atoms with Crippen LogP contribution in [0.15, 0.2) is 78.9 Å². The molecular formula is C23H19ClN2O3S2. The first kappa shape index (κ1) is 21.4. The molecule has 0 aliphatic rings. The lowest BCUT2D eigenvalue weighted by atomic mass is 10.2. The molecule has 0 atom stereocenters. The molecule has 31 heavy (non-hydrogen) atoms. The molecule has 0 aliphatic heterocycles. The number of benzene rings is 3. The molecule has 0 saturated carbocycles. The number of fused-ring (bicyclic) bond motifs is 1. The predicted octanol–water partition coefficient (Wildman–Crippen LogP) is 5.77. The van der Waals surface area contributed by atoms with Gasteiger partial charge in [0.15, 0.2) is 0 Å². The molecule has 5 nitrogen and oxygen atoms in total. The standard InChI is InChI=1S/C23H19ClN2O3S2/c1-31(28,29)26(15-16-6-3-2-4-7-16)20-10-11-21-17(12-20)13-22(30-21)23(27)25-19-9-5-8-18(24)14-19/h2-14H,15H2,1H3,(H,25,27). The number of carbonyl (C=O) groups is 1. The second-order valence-electron chi connectivity index (χ2n) is 7.05. The van der Waals surface area contributed by atoms with Crippen molar-refractivity contribution in [3.8, 4) is 0 Å². The number of hydrogen-bond acceptors (Lipinski definition) is 4. The van der Waals surface area contributed by atoms with Gasteiger partial charge in [-0.15, -0.1) is 11.3 Å². The molecule has 4 aromatic rings. The fourth-order valence-electron chi connectivity index (χ4n) is 3.21. The van der Waals surface area contributed by atoms with Crippen molar-refractivity contribution in [3.05, 3.63) is 94.3 Å². The van der Waals surface area contributed by atoms with Gasteiger partial charge in [0.25, 0.3) is 5.91 Å². The summed E-state index contributed by atoms with van der Waals surface area (Å²) in [6, 6.07) is 23.5. The topological polar surface area (TPSA) is 66.5 Å². The maximum atomic E-state index is 12.7. The zero-order chi connectivity index (χ0) is 22.0.